The zero-order valence-corrected chi connectivity index (χ0v) is 10.4. The smallest absolute Gasteiger partial charge is 0.328 e. The summed E-state index contributed by atoms with van der Waals surface area (Å²) in [5.74, 6) is -0.706. The van der Waals surface area contributed by atoms with Gasteiger partial charge in [0.1, 0.15) is 6.04 Å². The second kappa shape index (κ2) is 6.06. The molecule has 6 heteroatoms. The maximum Gasteiger partial charge on any atom is 0.328 e. The number of hydrogen-bond donors (Lipinski definition) is 2. The van der Waals surface area contributed by atoms with E-state index in [9.17, 15) is 9.59 Å². The van der Waals surface area contributed by atoms with Crippen LogP contribution in [0.25, 0.3) is 0 Å². The summed E-state index contributed by atoms with van der Waals surface area (Å²) in [4.78, 5) is 22.8. The third-order valence-electron chi connectivity index (χ3n) is 2.85. The van der Waals surface area contributed by atoms with Gasteiger partial charge in [0, 0.05) is 0 Å². The molecule has 0 radical (unpaired) electrons. The number of esters is 1. The molecule has 0 aliphatic heterocycles. The first-order valence-corrected chi connectivity index (χ1v) is 5.17. The zero-order valence-electron chi connectivity index (χ0n) is 9.62. The second-order valence-corrected chi connectivity index (χ2v) is 4.08. The monoisotopic (exact) mass is 250 g/mol. The summed E-state index contributed by atoms with van der Waals surface area (Å²) >= 11 is 0. The summed E-state index contributed by atoms with van der Waals surface area (Å²) in [6, 6.07) is -0.636. The Bertz CT molecular complexity index is 265. The summed E-state index contributed by atoms with van der Waals surface area (Å²) in [5, 5.41) is 2.57. The van der Waals surface area contributed by atoms with Crippen LogP contribution in [-0.2, 0) is 14.3 Å². The maximum absolute atomic E-state index is 11.8. The van der Waals surface area contributed by atoms with Gasteiger partial charge in [-0.25, -0.2) is 4.79 Å². The van der Waals surface area contributed by atoms with Gasteiger partial charge in [-0.3, -0.25) is 4.79 Å². The van der Waals surface area contributed by atoms with Gasteiger partial charge in [-0.15, -0.1) is 12.4 Å². The van der Waals surface area contributed by atoms with Gasteiger partial charge in [0.05, 0.1) is 12.6 Å². The molecule has 1 fully saturated rings. The van der Waals surface area contributed by atoms with E-state index in [4.69, 9.17) is 5.73 Å². The van der Waals surface area contributed by atoms with E-state index in [0.717, 1.165) is 12.8 Å². The average Bonchev–Trinajstić information content (AvgIpc) is 2.65. The minimum atomic E-state index is -0.789. The summed E-state index contributed by atoms with van der Waals surface area (Å²) in [6.45, 7) is 1.59. The SMILES string of the molecule is COC(=O)[C@@H](C)NC(=O)C1(N)CCCC1.Cl. The van der Waals surface area contributed by atoms with Crippen LogP contribution in [0.1, 0.15) is 32.6 Å². The van der Waals surface area contributed by atoms with Crippen molar-refractivity contribution in [2.45, 2.75) is 44.2 Å². The van der Waals surface area contributed by atoms with E-state index in [1.165, 1.54) is 7.11 Å². The lowest BCUT2D eigenvalue weighted by Gasteiger charge is -2.24. The van der Waals surface area contributed by atoms with Gasteiger partial charge in [-0.2, -0.15) is 0 Å². The Balaban J connectivity index is 0.00000225. The van der Waals surface area contributed by atoms with Crippen molar-refractivity contribution in [2.24, 2.45) is 5.73 Å². The third-order valence-corrected chi connectivity index (χ3v) is 2.85. The fourth-order valence-corrected chi connectivity index (χ4v) is 1.81. The lowest BCUT2D eigenvalue weighted by atomic mass is 9.98. The van der Waals surface area contributed by atoms with Gasteiger partial charge >= 0.3 is 5.97 Å². The molecule has 94 valence electrons. The normalized spacial score (nSPS) is 19.4. The Morgan fingerprint density at radius 2 is 1.88 bits per heavy atom. The standard InChI is InChI=1S/C10H18N2O3.ClH/c1-7(8(13)15-2)12-9(14)10(11)5-3-4-6-10;/h7H,3-6,11H2,1-2H3,(H,12,14);1H/t7-;/m1./s1. The molecule has 0 saturated heterocycles. The maximum atomic E-state index is 11.8. The van der Waals surface area contributed by atoms with Crippen LogP contribution in [0.4, 0.5) is 0 Å². The van der Waals surface area contributed by atoms with Crippen LogP contribution in [0.3, 0.4) is 0 Å². The van der Waals surface area contributed by atoms with Gasteiger partial charge in [-0.1, -0.05) is 12.8 Å². The van der Waals surface area contributed by atoms with Gasteiger partial charge in [-0.05, 0) is 19.8 Å². The predicted molar refractivity (Wildman–Crippen MR) is 62.3 cm³/mol. The molecule has 3 N–H and O–H groups in total. The van der Waals surface area contributed by atoms with Gasteiger partial charge in [0.2, 0.25) is 5.91 Å². The van der Waals surface area contributed by atoms with Crippen LogP contribution in [0.2, 0.25) is 0 Å². The van der Waals surface area contributed by atoms with Crippen LogP contribution >= 0.6 is 12.4 Å². The van der Waals surface area contributed by atoms with Crippen LogP contribution < -0.4 is 11.1 Å². The summed E-state index contributed by atoms with van der Waals surface area (Å²) in [7, 11) is 1.29. The van der Waals surface area contributed by atoms with Crippen molar-refractivity contribution in [3.05, 3.63) is 0 Å². The highest BCUT2D eigenvalue weighted by Gasteiger charge is 2.38. The number of methoxy groups -OCH3 is 1. The van der Waals surface area contributed by atoms with E-state index < -0.39 is 17.6 Å². The van der Waals surface area contributed by atoms with Crippen molar-refractivity contribution < 1.29 is 14.3 Å². The number of hydrogen-bond acceptors (Lipinski definition) is 4. The number of halogens is 1. The third kappa shape index (κ3) is 3.35. The number of amides is 1. The first-order valence-electron chi connectivity index (χ1n) is 5.17. The lowest BCUT2D eigenvalue weighted by molar-refractivity contribution is -0.145. The highest BCUT2D eigenvalue weighted by molar-refractivity contribution is 5.90. The molecule has 16 heavy (non-hydrogen) atoms. The molecule has 0 spiro atoms. The summed E-state index contributed by atoms with van der Waals surface area (Å²) in [5.41, 5.74) is 5.14. The van der Waals surface area contributed by atoms with Crippen LogP contribution in [0.5, 0.6) is 0 Å². The molecule has 0 aromatic heterocycles. The molecule has 5 nitrogen and oxygen atoms in total. The van der Waals surface area contributed by atoms with Crippen molar-refractivity contribution in [3.8, 4) is 0 Å². The number of nitrogens with two attached hydrogens (primary N) is 1. The fraction of sp³-hybridized carbons (Fsp3) is 0.800. The Labute approximate surface area is 101 Å². The molecule has 0 heterocycles. The Kier molecular flexibility index (Phi) is 5.75. The van der Waals surface area contributed by atoms with E-state index >= 15 is 0 Å². The number of rotatable bonds is 3. The largest absolute Gasteiger partial charge is 0.467 e. The second-order valence-electron chi connectivity index (χ2n) is 4.08. The summed E-state index contributed by atoms with van der Waals surface area (Å²) < 4.78 is 4.51. The Hall–Kier alpha value is -0.810. The Morgan fingerprint density at radius 1 is 1.38 bits per heavy atom. The first-order chi connectivity index (χ1) is 6.99. The molecule has 1 atom stereocenters. The zero-order chi connectivity index (χ0) is 11.5. The number of carbonyl (C=O) groups excluding carboxylic acids is 2. The predicted octanol–water partition coefficient (Wildman–Crippen LogP) is 0.357. The lowest BCUT2D eigenvalue weighted by Crippen LogP contribution is -2.55. The number of nitrogens with one attached hydrogen (secondary N) is 1. The highest BCUT2D eigenvalue weighted by Crippen LogP contribution is 2.27. The van der Waals surface area contributed by atoms with Crippen LogP contribution in [0.15, 0.2) is 0 Å². The van der Waals surface area contributed by atoms with Crippen molar-refractivity contribution >= 4 is 24.3 Å². The van der Waals surface area contributed by atoms with E-state index in [1.54, 1.807) is 6.92 Å². The minimum Gasteiger partial charge on any atom is -0.467 e. The molecule has 1 aliphatic rings. The van der Waals surface area contributed by atoms with Gasteiger partial charge in [0.25, 0.3) is 0 Å². The van der Waals surface area contributed by atoms with E-state index in [0.29, 0.717) is 12.8 Å². The van der Waals surface area contributed by atoms with Crippen molar-refractivity contribution in [1.29, 1.82) is 0 Å². The highest BCUT2D eigenvalue weighted by atomic mass is 35.5. The fourth-order valence-electron chi connectivity index (χ4n) is 1.81. The minimum absolute atomic E-state index is 0. The van der Waals surface area contributed by atoms with Crippen LogP contribution in [-0.4, -0.2) is 30.6 Å². The summed E-state index contributed by atoms with van der Waals surface area (Å²) in [6.07, 6.45) is 3.31. The molecule has 1 rings (SSSR count). The molecule has 0 bridgehead atoms. The molecule has 0 aromatic carbocycles. The molecule has 0 aromatic rings. The van der Waals surface area contributed by atoms with Crippen molar-refractivity contribution in [3.63, 3.8) is 0 Å². The number of ether oxygens (including phenoxy) is 1. The van der Waals surface area contributed by atoms with E-state index in [-0.39, 0.29) is 18.3 Å². The quantitative estimate of drug-likeness (QED) is 0.709. The van der Waals surface area contributed by atoms with E-state index in [2.05, 4.69) is 10.1 Å². The van der Waals surface area contributed by atoms with Crippen LogP contribution in [0, 0.1) is 0 Å². The molecular weight excluding hydrogens is 232 g/mol. The first kappa shape index (κ1) is 15.2. The Morgan fingerprint density at radius 3 is 2.31 bits per heavy atom. The molecule has 1 aliphatic carbocycles. The van der Waals surface area contributed by atoms with Crippen molar-refractivity contribution in [1.82, 2.24) is 5.32 Å². The van der Waals surface area contributed by atoms with Gasteiger partial charge in [0.15, 0.2) is 0 Å². The number of carbonyl (C=O) groups is 2. The molecule has 0 unspecified atom stereocenters. The average molecular weight is 251 g/mol. The molecule has 1 amide bonds. The van der Waals surface area contributed by atoms with E-state index in [1.807, 2.05) is 0 Å². The molecular formula is C10H19ClN2O3. The molecule has 1 saturated carbocycles. The topological polar surface area (TPSA) is 81.4 Å². The van der Waals surface area contributed by atoms with Gasteiger partial charge < -0.3 is 15.8 Å². The van der Waals surface area contributed by atoms with Crippen molar-refractivity contribution in [2.75, 3.05) is 7.11 Å².